The molecular formula is C13H22O5. The van der Waals surface area contributed by atoms with Gasteiger partial charge in [0.15, 0.2) is 0 Å². The summed E-state index contributed by atoms with van der Waals surface area (Å²) in [7, 11) is 3.33. The third-order valence-corrected chi connectivity index (χ3v) is 3.55. The SMILES string of the molecule is COC(C[C@@H](OC)[C@@H]1O[C@@H]1C(C)O)C1C=CCO1. The third kappa shape index (κ3) is 3.10. The monoisotopic (exact) mass is 258 g/mol. The summed E-state index contributed by atoms with van der Waals surface area (Å²) in [6.07, 6.45) is 3.93. The van der Waals surface area contributed by atoms with E-state index in [1.165, 1.54) is 0 Å². The maximum Gasteiger partial charge on any atom is 0.113 e. The van der Waals surface area contributed by atoms with Gasteiger partial charge in [-0.15, -0.1) is 0 Å². The molecule has 1 fully saturated rings. The Hall–Kier alpha value is -0.460. The molecule has 0 spiro atoms. The van der Waals surface area contributed by atoms with Gasteiger partial charge < -0.3 is 24.1 Å². The van der Waals surface area contributed by atoms with Gasteiger partial charge in [0.25, 0.3) is 0 Å². The van der Waals surface area contributed by atoms with E-state index in [1.54, 1.807) is 21.1 Å². The second-order valence-corrected chi connectivity index (χ2v) is 4.82. The highest BCUT2D eigenvalue weighted by Gasteiger charge is 2.49. The van der Waals surface area contributed by atoms with Crippen molar-refractivity contribution in [3.05, 3.63) is 12.2 Å². The van der Waals surface area contributed by atoms with Crippen molar-refractivity contribution >= 4 is 0 Å². The highest BCUT2D eigenvalue weighted by molar-refractivity contribution is 5.02. The second kappa shape index (κ2) is 6.12. The summed E-state index contributed by atoms with van der Waals surface area (Å²) in [5.41, 5.74) is 0. The van der Waals surface area contributed by atoms with Crippen LogP contribution in [0.15, 0.2) is 12.2 Å². The molecule has 5 nitrogen and oxygen atoms in total. The van der Waals surface area contributed by atoms with E-state index >= 15 is 0 Å². The van der Waals surface area contributed by atoms with Gasteiger partial charge in [-0.05, 0) is 6.92 Å². The normalized spacial score (nSPS) is 35.4. The maximum atomic E-state index is 9.46. The van der Waals surface area contributed by atoms with Crippen LogP contribution in [0.4, 0.5) is 0 Å². The highest BCUT2D eigenvalue weighted by atomic mass is 16.6. The molecule has 0 saturated carbocycles. The predicted molar refractivity (Wildman–Crippen MR) is 65.4 cm³/mol. The molecule has 104 valence electrons. The Morgan fingerprint density at radius 3 is 2.44 bits per heavy atom. The van der Waals surface area contributed by atoms with E-state index in [0.717, 1.165) is 0 Å². The quantitative estimate of drug-likeness (QED) is 0.532. The van der Waals surface area contributed by atoms with Crippen molar-refractivity contribution in [2.24, 2.45) is 0 Å². The Morgan fingerprint density at radius 1 is 1.28 bits per heavy atom. The average Bonchev–Trinajstić information content (AvgIpc) is 2.98. The predicted octanol–water partition coefficient (Wildman–Crippen LogP) is 0.510. The van der Waals surface area contributed by atoms with Crippen LogP contribution in [0.25, 0.3) is 0 Å². The molecule has 0 aliphatic carbocycles. The first-order valence-corrected chi connectivity index (χ1v) is 6.34. The van der Waals surface area contributed by atoms with Crippen LogP contribution in [0.3, 0.4) is 0 Å². The van der Waals surface area contributed by atoms with Crippen LogP contribution < -0.4 is 0 Å². The maximum absolute atomic E-state index is 9.46. The summed E-state index contributed by atoms with van der Waals surface area (Å²) < 4.78 is 21.9. The summed E-state index contributed by atoms with van der Waals surface area (Å²) >= 11 is 0. The average molecular weight is 258 g/mol. The first-order valence-electron chi connectivity index (χ1n) is 6.34. The first-order chi connectivity index (χ1) is 8.67. The molecule has 0 amide bonds. The molecule has 0 aromatic carbocycles. The zero-order valence-corrected chi connectivity index (χ0v) is 11.1. The van der Waals surface area contributed by atoms with Crippen molar-refractivity contribution < 1.29 is 24.1 Å². The van der Waals surface area contributed by atoms with Crippen molar-refractivity contribution in [2.45, 2.75) is 50.0 Å². The van der Waals surface area contributed by atoms with Crippen molar-refractivity contribution in [2.75, 3.05) is 20.8 Å². The number of ether oxygens (including phenoxy) is 4. The van der Waals surface area contributed by atoms with Gasteiger partial charge >= 0.3 is 0 Å². The molecule has 6 atom stereocenters. The standard InChI is InChI=1S/C13H22O5/c1-8(14)12-13(18-12)11(16-3)7-10(15-2)9-5-4-6-17-9/h4-5,8-14H,6-7H2,1-3H3/t8?,9?,10?,11-,12-,13+/m1/s1. The van der Waals surface area contributed by atoms with E-state index in [2.05, 4.69) is 0 Å². The molecule has 2 aliphatic heterocycles. The Labute approximate surface area is 108 Å². The molecular weight excluding hydrogens is 236 g/mol. The van der Waals surface area contributed by atoms with Crippen LogP contribution in [-0.4, -0.2) is 62.6 Å². The zero-order chi connectivity index (χ0) is 13.1. The second-order valence-electron chi connectivity index (χ2n) is 4.82. The van der Waals surface area contributed by atoms with Crippen LogP contribution in [0.5, 0.6) is 0 Å². The van der Waals surface area contributed by atoms with Crippen LogP contribution in [0, 0.1) is 0 Å². The Morgan fingerprint density at radius 2 is 2.00 bits per heavy atom. The van der Waals surface area contributed by atoms with E-state index in [1.807, 2.05) is 12.2 Å². The molecule has 0 aromatic heterocycles. The number of epoxide rings is 1. The van der Waals surface area contributed by atoms with Gasteiger partial charge in [0.1, 0.15) is 18.3 Å². The summed E-state index contributed by atoms with van der Waals surface area (Å²) in [6, 6.07) is 0. The van der Waals surface area contributed by atoms with Crippen molar-refractivity contribution in [1.82, 2.24) is 0 Å². The van der Waals surface area contributed by atoms with E-state index < -0.39 is 6.10 Å². The molecule has 0 radical (unpaired) electrons. The smallest absolute Gasteiger partial charge is 0.113 e. The summed E-state index contributed by atoms with van der Waals surface area (Å²) in [5, 5.41) is 9.46. The number of hydrogen-bond acceptors (Lipinski definition) is 5. The Bertz CT molecular complexity index is 291. The van der Waals surface area contributed by atoms with E-state index in [0.29, 0.717) is 13.0 Å². The zero-order valence-electron chi connectivity index (χ0n) is 11.1. The van der Waals surface area contributed by atoms with Crippen LogP contribution >= 0.6 is 0 Å². The van der Waals surface area contributed by atoms with Crippen LogP contribution in [-0.2, 0) is 18.9 Å². The molecule has 5 heteroatoms. The largest absolute Gasteiger partial charge is 0.391 e. The lowest BCUT2D eigenvalue weighted by atomic mass is 10.0. The lowest BCUT2D eigenvalue weighted by Gasteiger charge is -2.24. The summed E-state index contributed by atoms with van der Waals surface area (Å²) in [6.45, 7) is 2.37. The molecule has 1 N–H and O–H groups in total. The molecule has 0 aromatic rings. The fourth-order valence-electron chi connectivity index (χ4n) is 2.42. The minimum Gasteiger partial charge on any atom is -0.391 e. The minimum absolute atomic E-state index is 0.0172. The van der Waals surface area contributed by atoms with E-state index in [4.69, 9.17) is 18.9 Å². The van der Waals surface area contributed by atoms with Gasteiger partial charge in [0.05, 0.1) is 24.9 Å². The van der Waals surface area contributed by atoms with Gasteiger partial charge in [0, 0.05) is 20.6 Å². The fraction of sp³-hybridized carbons (Fsp3) is 0.846. The van der Waals surface area contributed by atoms with Crippen molar-refractivity contribution in [3.8, 4) is 0 Å². The molecule has 1 saturated heterocycles. The number of aliphatic hydroxyl groups excluding tert-OH is 1. The molecule has 2 aliphatic rings. The lowest BCUT2D eigenvalue weighted by molar-refractivity contribution is -0.0493. The molecule has 3 unspecified atom stereocenters. The Balaban J connectivity index is 1.87. The third-order valence-electron chi connectivity index (χ3n) is 3.55. The summed E-state index contributed by atoms with van der Waals surface area (Å²) in [5.74, 6) is 0. The minimum atomic E-state index is -0.462. The van der Waals surface area contributed by atoms with Gasteiger partial charge in [-0.1, -0.05) is 12.2 Å². The van der Waals surface area contributed by atoms with E-state index in [9.17, 15) is 5.11 Å². The number of aliphatic hydroxyl groups is 1. The molecule has 2 heterocycles. The van der Waals surface area contributed by atoms with Crippen molar-refractivity contribution in [1.29, 1.82) is 0 Å². The van der Waals surface area contributed by atoms with Gasteiger partial charge in [-0.2, -0.15) is 0 Å². The number of rotatable bonds is 7. The summed E-state index contributed by atoms with van der Waals surface area (Å²) in [4.78, 5) is 0. The van der Waals surface area contributed by atoms with Crippen molar-refractivity contribution in [3.63, 3.8) is 0 Å². The molecule has 0 bridgehead atoms. The lowest BCUT2D eigenvalue weighted by Crippen LogP contribution is -2.35. The van der Waals surface area contributed by atoms with Crippen LogP contribution in [0.2, 0.25) is 0 Å². The fourth-order valence-corrected chi connectivity index (χ4v) is 2.42. The molecule has 2 rings (SSSR count). The molecule has 18 heavy (non-hydrogen) atoms. The van der Waals surface area contributed by atoms with Gasteiger partial charge in [-0.25, -0.2) is 0 Å². The van der Waals surface area contributed by atoms with E-state index in [-0.39, 0.29) is 30.5 Å². The van der Waals surface area contributed by atoms with Gasteiger partial charge in [-0.3, -0.25) is 0 Å². The van der Waals surface area contributed by atoms with Crippen LogP contribution in [0.1, 0.15) is 13.3 Å². The topological polar surface area (TPSA) is 60.5 Å². The number of hydrogen-bond donors (Lipinski definition) is 1. The number of methoxy groups -OCH3 is 2. The first kappa shape index (κ1) is 14.0. The van der Waals surface area contributed by atoms with Gasteiger partial charge in [0.2, 0.25) is 0 Å². The Kier molecular flexibility index (Phi) is 4.75. The highest BCUT2D eigenvalue weighted by Crippen LogP contribution is 2.33.